The minimum atomic E-state index is -0.497. The van der Waals surface area contributed by atoms with Crippen LogP contribution >= 0.6 is 11.3 Å². The maximum absolute atomic E-state index is 13.6. The summed E-state index contributed by atoms with van der Waals surface area (Å²) in [6, 6.07) is 18.5. The number of ether oxygens (including phenoxy) is 1. The molecule has 34 heavy (non-hydrogen) atoms. The fourth-order valence-corrected chi connectivity index (χ4v) is 5.53. The number of rotatable bonds is 5. The predicted molar refractivity (Wildman–Crippen MR) is 134 cm³/mol. The highest BCUT2D eigenvalue weighted by Gasteiger charge is 2.32. The number of fused-ring (bicyclic) bond motifs is 3. The Hall–Kier alpha value is -3.49. The van der Waals surface area contributed by atoms with E-state index in [-0.39, 0.29) is 24.6 Å². The van der Waals surface area contributed by atoms with Crippen molar-refractivity contribution in [1.82, 2.24) is 9.13 Å². The molecule has 1 amide bonds. The molecule has 0 bridgehead atoms. The third kappa shape index (κ3) is 4.22. The van der Waals surface area contributed by atoms with Crippen molar-refractivity contribution in [1.29, 1.82) is 0 Å². The van der Waals surface area contributed by atoms with Crippen LogP contribution in [0, 0.1) is 0 Å². The summed E-state index contributed by atoms with van der Waals surface area (Å²) in [5.41, 5.74) is 1.18. The van der Waals surface area contributed by atoms with Gasteiger partial charge in [-0.3, -0.25) is 18.7 Å². The fourth-order valence-electron chi connectivity index (χ4n) is 4.31. The van der Waals surface area contributed by atoms with E-state index in [4.69, 9.17) is 4.74 Å². The Morgan fingerprint density at radius 3 is 2.41 bits per heavy atom. The van der Waals surface area contributed by atoms with Crippen LogP contribution in [0.15, 0.2) is 70.3 Å². The summed E-state index contributed by atoms with van der Waals surface area (Å²) >= 11 is 1.36. The maximum Gasteiger partial charge on any atom is 0.332 e. The number of thiophene rings is 1. The quantitative estimate of drug-likeness (QED) is 0.477. The third-order valence-corrected chi connectivity index (χ3v) is 7.21. The first-order valence-corrected chi connectivity index (χ1v) is 11.9. The molecule has 4 aromatic rings. The molecule has 1 aliphatic heterocycles. The van der Waals surface area contributed by atoms with Gasteiger partial charge in [0.05, 0.1) is 24.1 Å². The van der Waals surface area contributed by atoms with Gasteiger partial charge in [-0.1, -0.05) is 48.5 Å². The molecule has 8 heteroatoms. The number of anilines is 1. The minimum absolute atomic E-state index is 0.138. The molecule has 1 aliphatic rings. The van der Waals surface area contributed by atoms with Gasteiger partial charge in [-0.25, -0.2) is 4.79 Å². The van der Waals surface area contributed by atoms with Gasteiger partial charge in [-0.2, -0.15) is 0 Å². The van der Waals surface area contributed by atoms with E-state index in [2.05, 4.69) is 5.32 Å². The van der Waals surface area contributed by atoms with Crippen LogP contribution in [0.3, 0.4) is 0 Å². The Morgan fingerprint density at radius 1 is 1.03 bits per heavy atom. The largest absolute Gasteiger partial charge is 0.370 e. The van der Waals surface area contributed by atoms with Gasteiger partial charge < -0.3 is 10.1 Å². The van der Waals surface area contributed by atoms with Crippen molar-refractivity contribution in [2.24, 2.45) is 0 Å². The summed E-state index contributed by atoms with van der Waals surface area (Å²) in [5, 5.41) is 3.35. The fraction of sp³-hybridized carbons (Fsp3) is 0.269. The van der Waals surface area contributed by atoms with Crippen LogP contribution < -0.4 is 16.6 Å². The number of para-hydroxylation sites is 1. The second kappa shape index (κ2) is 8.70. The Bertz CT molecular complexity index is 1480. The SMILES string of the molecule is CC1(C)Cc2c(sc3c2c(=O)n(Cc2ccccc2)c(=O)n3CC(=O)Nc2ccccc2)CO1. The van der Waals surface area contributed by atoms with E-state index in [1.165, 1.54) is 20.5 Å². The molecule has 0 spiro atoms. The lowest BCUT2D eigenvalue weighted by Gasteiger charge is -2.29. The zero-order valence-corrected chi connectivity index (χ0v) is 19.9. The van der Waals surface area contributed by atoms with Crippen LogP contribution in [0.5, 0.6) is 0 Å². The van der Waals surface area contributed by atoms with E-state index in [1.54, 1.807) is 12.1 Å². The van der Waals surface area contributed by atoms with Crippen LogP contribution in [0.2, 0.25) is 0 Å². The summed E-state index contributed by atoms with van der Waals surface area (Å²) in [6.45, 7) is 4.31. The second-order valence-electron chi connectivity index (χ2n) is 9.07. The van der Waals surface area contributed by atoms with Crippen molar-refractivity contribution in [2.75, 3.05) is 5.32 Å². The number of benzene rings is 2. The molecule has 0 saturated heterocycles. The monoisotopic (exact) mass is 475 g/mol. The minimum Gasteiger partial charge on any atom is -0.370 e. The van der Waals surface area contributed by atoms with E-state index in [1.807, 2.05) is 62.4 Å². The van der Waals surface area contributed by atoms with Gasteiger partial charge in [0.15, 0.2) is 0 Å². The molecule has 1 N–H and O–H groups in total. The summed E-state index contributed by atoms with van der Waals surface area (Å²) in [7, 11) is 0. The highest BCUT2D eigenvalue weighted by molar-refractivity contribution is 7.18. The molecular formula is C26H25N3O4S. The Kier molecular flexibility index (Phi) is 5.71. The second-order valence-corrected chi connectivity index (χ2v) is 10.2. The molecule has 0 radical (unpaired) electrons. The molecule has 2 aromatic carbocycles. The highest BCUT2D eigenvalue weighted by atomic mass is 32.1. The maximum atomic E-state index is 13.6. The van der Waals surface area contributed by atoms with Crippen LogP contribution in [-0.4, -0.2) is 20.6 Å². The van der Waals surface area contributed by atoms with Gasteiger partial charge in [0.25, 0.3) is 5.56 Å². The normalized spacial score (nSPS) is 14.6. The molecule has 7 nitrogen and oxygen atoms in total. The van der Waals surface area contributed by atoms with Crippen molar-refractivity contribution in [3.63, 3.8) is 0 Å². The highest BCUT2D eigenvalue weighted by Crippen LogP contribution is 2.37. The van der Waals surface area contributed by atoms with Crippen LogP contribution in [0.1, 0.15) is 29.9 Å². The van der Waals surface area contributed by atoms with E-state index < -0.39 is 11.3 Å². The van der Waals surface area contributed by atoms with Crippen molar-refractivity contribution in [2.45, 2.75) is 45.6 Å². The lowest BCUT2D eigenvalue weighted by molar-refractivity contribution is -0.116. The summed E-state index contributed by atoms with van der Waals surface area (Å²) in [5.74, 6) is -0.331. The first-order valence-electron chi connectivity index (χ1n) is 11.1. The topological polar surface area (TPSA) is 82.3 Å². The van der Waals surface area contributed by atoms with Gasteiger partial charge in [-0.05, 0) is 37.1 Å². The number of carbonyl (C=O) groups is 1. The molecule has 174 valence electrons. The van der Waals surface area contributed by atoms with Crippen LogP contribution in [0.4, 0.5) is 5.69 Å². The number of amides is 1. The van der Waals surface area contributed by atoms with Crippen LogP contribution in [0.25, 0.3) is 10.2 Å². The average Bonchev–Trinajstić information content (AvgIpc) is 3.18. The van der Waals surface area contributed by atoms with E-state index in [0.29, 0.717) is 28.9 Å². The smallest absolute Gasteiger partial charge is 0.332 e. The Labute approximate surface area is 200 Å². The van der Waals surface area contributed by atoms with Crippen LogP contribution in [-0.2, 0) is 35.6 Å². The lowest BCUT2D eigenvalue weighted by atomic mass is 9.94. The van der Waals surface area contributed by atoms with Gasteiger partial charge in [-0.15, -0.1) is 11.3 Å². The summed E-state index contributed by atoms with van der Waals surface area (Å²) in [4.78, 5) is 41.6. The third-order valence-electron chi connectivity index (χ3n) is 5.98. The number of aromatic nitrogens is 2. The van der Waals surface area contributed by atoms with E-state index >= 15 is 0 Å². The number of carbonyl (C=O) groups excluding carboxylic acids is 1. The molecule has 0 atom stereocenters. The Balaban J connectivity index is 1.65. The number of hydrogen-bond donors (Lipinski definition) is 1. The molecule has 0 aliphatic carbocycles. The van der Waals surface area contributed by atoms with Gasteiger partial charge in [0, 0.05) is 17.0 Å². The summed E-state index contributed by atoms with van der Waals surface area (Å²) in [6.07, 6.45) is 0.567. The van der Waals surface area contributed by atoms with Gasteiger partial charge >= 0.3 is 5.69 Å². The number of hydrogen-bond acceptors (Lipinski definition) is 5. The molecule has 5 rings (SSSR count). The molecule has 0 unspecified atom stereocenters. The molecule has 0 fully saturated rings. The zero-order valence-electron chi connectivity index (χ0n) is 19.0. The van der Waals surface area contributed by atoms with Crippen molar-refractivity contribution < 1.29 is 9.53 Å². The summed E-state index contributed by atoms with van der Waals surface area (Å²) < 4.78 is 8.62. The van der Waals surface area contributed by atoms with Crippen molar-refractivity contribution in [3.05, 3.63) is 97.5 Å². The predicted octanol–water partition coefficient (Wildman–Crippen LogP) is 3.76. The zero-order chi connectivity index (χ0) is 23.9. The molecule has 2 aromatic heterocycles. The van der Waals surface area contributed by atoms with E-state index in [0.717, 1.165) is 16.0 Å². The van der Waals surface area contributed by atoms with Gasteiger partial charge in [0.2, 0.25) is 5.91 Å². The average molecular weight is 476 g/mol. The number of nitrogens with zero attached hydrogens (tertiary/aromatic N) is 2. The lowest BCUT2D eigenvalue weighted by Crippen LogP contribution is -2.42. The van der Waals surface area contributed by atoms with Crippen molar-refractivity contribution >= 4 is 33.1 Å². The molecule has 0 saturated carbocycles. The molecular weight excluding hydrogens is 450 g/mol. The number of nitrogens with one attached hydrogen (secondary N) is 1. The Morgan fingerprint density at radius 2 is 1.71 bits per heavy atom. The first-order chi connectivity index (χ1) is 16.3. The van der Waals surface area contributed by atoms with Gasteiger partial charge in [0.1, 0.15) is 11.4 Å². The molecule has 3 heterocycles. The first kappa shape index (κ1) is 22.3. The standard InChI is InChI=1S/C26H25N3O4S/c1-26(2)13-19-20(16-33-26)34-24-22(19)23(31)28(14-17-9-5-3-6-10-17)25(32)29(24)15-21(30)27-18-11-7-4-8-12-18/h3-12H,13-16H2,1-2H3,(H,27,30). The van der Waals surface area contributed by atoms with Crippen molar-refractivity contribution in [3.8, 4) is 0 Å². The van der Waals surface area contributed by atoms with E-state index in [9.17, 15) is 14.4 Å².